The van der Waals surface area contributed by atoms with Crippen molar-refractivity contribution in [1.29, 1.82) is 0 Å². The van der Waals surface area contributed by atoms with Crippen LogP contribution in [0.15, 0.2) is 11.8 Å². The Kier molecular flexibility index (Phi) is 2.61. The molecule has 1 aromatic rings. The highest BCUT2D eigenvalue weighted by atomic mass is 16.5. The third kappa shape index (κ3) is 1.49. The van der Waals surface area contributed by atoms with Gasteiger partial charge in [-0.2, -0.15) is 0 Å². The molecular formula is C15H14O5. The van der Waals surface area contributed by atoms with Gasteiger partial charge in [0.05, 0.1) is 18.2 Å². The van der Waals surface area contributed by atoms with Crippen molar-refractivity contribution in [3.05, 3.63) is 34.1 Å². The van der Waals surface area contributed by atoms with Gasteiger partial charge >= 0.3 is 0 Å². The summed E-state index contributed by atoms with van der Waals surface area (Å²) in [4.78, 5) is 24.5. The zero-order valence-electron chi connectivity index (χ0n) is 11.4. The maximum Gasteiger partial charge on any atom is 0.232 e. The van der Waals surface area contributed by atoms with Crippen molar-refractivity contribution in [3.8, 4) is 11.5 Å². The third-order valence-corrected chi connectivity index (χ3v) is 3.79. The smallest absolute Gasteiger partial charge is 0.232 e. The van der Waals surface area contributed by atoms with E-state index in [-0.39, 0.29) is 28.7 Å². The van der Waals surface area contributed by atoms with Gasteiger partial charge in [0.2, 0.25) is 5.78 Å². The Morgan fingerprint density at radius 3 is 2.70 bits per heavy atom. The molecule has 0 saturated heterocycles. The molecule has 1 heterocycles. The maximum atomic E-state index is 12.4. The minimum atomic E-state index is -0.442. The van der Waals surface area contributed by atoms with Crippen LogP contribution in [0.5, 0.6) is 11.5 Å². The summed E-state index contributed by atoms with van der Waals surface area (Å²) in [6.07, 6.45) is 1.62. The first-order valence-electron chi connectivity index (χ1n) is 6.35. The molecule has 0 amide bonds. The highest BCUT2D eigenvalue weighted by Crippen LogP contribution is 2.45. The Balaban J connectivity index is 2.35. The standard InChI is InChI=1S/C15H14O5/c1-6-4-8-7(2)13(17)11-9(16)5-10(19-3)14(18)12(11)15(8)20-6/h5-6,17H,4H2,1-3H3. The second kappa shape index (κ2) is 4.10. The molecule has 20 heavy (non-hydrogen) atoms. The second-order valence-corrected chi connectivity index (χ2v) is 5.07. The van der Waals surface area contributed by atoms with Crippen LogP contribution in [-0.4, -0.2) is 29.9 Å². The third-order valence-electron chi connectivity index (χ3n) is 3.79. The number of benzene rings is 1. The molecule has 0 bridgehead atoms. The number of carbonyl (C=O) groups is 2. The number of rotatable bonds is 1. The number of phenols is 1. The van der Waals surface area contributed by atoms with Gasteiger partial charge in [-0.1, -0.05) is 0 Å². The molecule has 0 spiro atoms. The zero-order valence-corrected chi connectivity index (χ0v) is 11.4. The molecule has 0 aromatic heterocycles. The number of carbonyl (C=O) groups excluding carboxylic acids is 2. The molecule has 2 aliphatic rings. The number of Topliss-reactive ketones (excluding diaryl/α,β-unsaturated/α-hetero) is 1. The van der Waals surface area contributed by atoms with Crippen LogP contribution in [-0.2, 0) is 11.2 Å². The topological polar surface area (TPSA) is 72.8 Å². The molecule has 0 saturated carbocycles. The Labute approximate surface area is 115 Å². The fraction of sp³-hybridized carbons (Fsp3) is 0.333. The van der Waals surface area contributed by atoms with Crippen molar-refractivity contribution in [3.63, 3.8) is 0 Å². The van der Waals surface area contributed by atoms with Gasteiger partial charge in [-0.25, -0.2) is 0 Å². The molecule has 3 rings (SSSR count). The van der Waals surface area contributed by atoms with E-state index in [4.69, 9.17) is 9.47 Å². The van der Waals surface area contributed by atoms with Crippen LogP contribution in [0.1, 0.15) is 38.8 Å². The summed E-state index contributed by atoms with van der Waals surface area (Å²) in [6.45, 7) is 3.61. The normalized spacial score (nSPS) is 20.1. The number of hydrogen-bond acceptors (Lipinski definition) is 5. The first-order valence-corrected chi connectivity index (χ1v) is 6.35. The summed E-state index contributed by atoms with van der Waals surface area (Å²) in [5.41, 5.74) is 1.52. The van der Waals surface area contributed by atoms with Gasteiger partial charge in [0.1, 0.15) is 17.6 Å². The van der Waals surface area contributed by atoms with Gasteiger partial charge in [0.25, 0.3) is 0 Å². The lowest BCUT2D eigenvalue weighted by atomic mass is 9.87. The van der Waals surface area contributed by atoms with Crippen LogP contribution >= 0.6 is 0 Å². The van der Waals surface area contributed by atoms with Gasteiger partial charge in [-0.3, -0.25) is 9.59 Å². The second-order valence-electron chi connectivity index (χ2n) is 5.07. The summed E-state index contributed by atoms with van der Waals surface area (Å²) in [5.74, 6) is -0.633. The highest BCUT2D eigenvalue weighted by molar-refractivity contribution is 6.26. The van der Waals surface area contributed by atoms with Crippen molar-refractivity contribution in [2.75, 3.05) is 7.11 Å². The number of aromatic hydroxyl groups is 1. The minimum Gasteiger partial charge on any atom is -0.507 e. The largest absolute Gasteiger partial charge is 0.507 e. The van der Waals surface area contributed by atoms with Crippen molar-refractivity contribution < 1.29 is 24.2 Å². The van der Waals surface area contributed by atoms with Crippen LogP contribution in [0.2, 0.25) is 0 Å². The van der Waals surface area contributed by atoms with E-state index in [1.807, 2.05) is 6.92 Å². The van der Waals surface area contributed by atoms with Gasteiger partial charge in [0.15, 0.2) is 11.5 Å². The van der Waals surface area contributed by atoms with E-state index in [1.54, 1.807) is 6.92 Å². The van der Waals surface area contributed by atoms with Crippen molar-refractivity contribution in [1.82, 2.24) is 0 Å². The molecular weight excluding hydrogens is 260 g/mol. The van der Waals surface area contributed by atoms with Gasteiger partial charge in [0, 0.05) is 18.1 Å². The van der Waals surface area contributed by atoms with E-state index in [0.29, 0.717) is 17.7 Å². The van der Waals surface area contributed by atoms with Crippen molar-refractivity contribution in [2.45, 2.75) is 26.4 Å². The van der Waals surface area contributed by atoms with Gasteiger partial charge in [-0.15, -0.1) is 0 Å². The van der Waals surface area contributed by atoms with E-state index >= 15 is 0 Å². The van der Waals surface area contributed by atoms with Crippen LogP contribution < -0.4 is 4.74 Å². The first-order chi connectivity index (χ1) is 9.45. The number of fused-ring (bicyclic) bond motifs is 3. The lowest BCUT2D eigenvalue weighted by molar-refractivity contribution is 0.0910. The average Bonchev–Trinajstić information content (AvgIpc) is 2.80. The molecule has 1 unspecified atom stereocenters. The zero-order chi connectivity index (χ0) is 14.6. The molecule has 5 nitrogen and oxygen atoms in total. The van der Waals surface area contributed by atoms with Gasteiger partial charge < -0.3 is 14.6 Å². The number of allylic oxidation sites excluding steroid dienone is 2. The Hall–Kier alpha value is -2.30. The fourth-order valence-electron chi connectivity index (χ4n) is 2.78. The predicted octanol–water partition coefficient (Wildman–Crippen LogP) is 1.93. The Morgan fingerprint density at radius 1 is 1.35 bits per heavy atom. The number of hydrogen-bond donors (Lipinski definition) is 1. The van der Waals surface area contributed by atoms with Crippen molar-refractivity contribution in [2.24, 2.45) is 0 Å². The number of ether oxygens (including phenoxy) is 2. The molecule has 1 N–H and O–H groups in total. The molecule has 5 heteroatoms. The van der Waals surface area contributed by atoms with Gasteiger partial charge in [-0.05, 0) is 19.4 Å². The van der Waals surface area contributed by atoms with Crippen molar-refractivity contribution >= 4 is 11.6 Å². The molecule has 104 valence electrons. The SMILES string of the molecule is COC1=CC(=O)c2c(O)c(C)c3c(c2C1=O)OC(C)C3. The minimum absolute atomic E-state index is 0.0150. The van der Waals surface area contributed by atoms with E-state index in [9.17, 15) is 14.7 Å². The predicted molar refractivity (Wildman–Crippen MR) is 70.4 cm³/mol. The fourth-order valence-corrected chi connectivity index (χ4v) is 2.78. The maximum absolute atomic E-state index is 12.4. The first kappa shape index (κ1) is 12.7. The number of phenolic OH excluding ortho intramolecular Hbond substituents is 1. The molecule has 0 radical (unpaired) electrons. The van der Waals surface area contributed by atoms with E-state index < -0.39 is 11.6 Å². The molecule has 1 aliphatic carbocycles. The van der Waals surface area contributed by atoms with E-state index in [0.717, 1.165) is 11.6 Å². The van der Waals surface area contributed by atoms with Crippen LogP contribution in [0, 0.1) is 6.92 Å². The summed E-state index contributed by atoms with van der Waals surface area (Å²) in [5, 5.41) is 10.2. The lowest BCUT2D eigenvalue weighted by Gasteiger charge is -2.19. The molecule has 1 atom stereocenters. The Morgan fingerprint density at radius 2 is 2.05 bits per heavy atom. The summed E-state index contributed by atoms with van der Waals surface area (Å²) < 4.78 is 10.6. The number of methoxy groups -OCH3 is 1. The summed E-state index contributed by atoms with van der Waals surface area (Å²) in [6, 6.07) is 0. The van der Waals surface area contributed by atoms with Crippen LogP contribution in [0.3, 0.4) is 0 Å². The van der Waals surface area contributed by atoms with Crippen LogP contribution in [0.4, 0.5) is 0 Å². The highest BCUT2D eigenvalue weighted by Gasteiger charge is 2.38. The Bertz CT molecular complexity index is 684. The average molecular weight is 274 g/mol. The molecule has 0 fully saturated rings. The summed E-state index contributed by atoms with van der Waals surface area (Å²) >= 11 is 0. The van der Waals surface area contributed by atoms with E-state index in [1.165, 1.54) is 7.11 Å². The van der Waals surface area contributed by atoms with Crippen LogP contribution in [0.25, 0.3) is 0 Å². The lowest BCUT2D eigenvalue weighted by Crippen LogP contribution is -2.20. The number of ketones is 2. The molecule has 1 aromatic carbocycles. The quantitative estimate of drug-likeness (QED) is 0.847. The molecule has 1 aliphatic heterocycles. The summed E-state index contributed by atoms with van der Waals surface area (Å²) in [7, 11) is 1.33. The monoisotopic (exact) mass is 274 g/mol. The van der Waals surface area contributed by atoms with E-state index in [2.05, 4.69) is 0 Å².